The molecule has 0 aromatic heterocycles. The van der Waals surface area contributed by atoms with Crippen molar-refractivity contribution in [2.75, 3.05) is 18.8 Å². The minimum atomic E-state index is -3.01. The van der Waals surface area contributed by atoms with Crippen molar-refractivity contribution in [3.63, 3.8) is 0 Å². The zero-order chi connectivity index (χ0) is 9.03. The van der Waals surface area contributed by atoms with Crippen molar-refractivity contribution >= 4 is 22.4 Å². The van der Waals surface area contributed by atoms with Crippen LogP contribution in [0.15, 0.2) is 0 Å². The lowest BCUT2D eigenvalue weighted by molar-refractivity contribution is 0.559. The molecule has 0 aromatic carbocycles. The van der Waals surface area contributed by atoms with E-state index in [-0.39, 0.29) is 24.2 Å². The summed E-state index contributed by atoms with van der Waals surface area (Å²) in [7, 11) is -3.01. The summed E-state index contributed by atoms with van der Waals surface area (Å²) in [5.74, 6) is 0.240. The molecule has 1 atom stereocenters. The fourth-order valence-electron chi connectivity index (χ4n) is 1.34. The highest BCUT2D eigenvalue weighted by atomic mass is 35.5. The minimum absolute atomic E-state index is 0. The Hall–Kier alpha value is 0.160. The molecule has 4 nitrogen and oxygen atoms in total. The quantitative estimate of drug-likeness (QED) is 0.718. The molecular formula is C7H17ClN2O2S. The molecule has 2 N–H and O–H groups in total. The summed E-state index contributed by atoms with van der Waals surface area (Å²) in [6.07, 6.45) is 1.58. The van der Waals surface area contributed by atoms with Crippen molar-refractivity contribution in [3.8, 4) is 0 Å². The molecular weight excluding hydrogens is 212 g/mol. The van der Waals surface area contributed by atoms with Gasteiger partial charge in [0.05, 0.1) is 5.75 Å². The zero-order valence-corrected chi connectivity index (χ0v) is 9.38. The Bertz CT molecular complexity index is 225. The minimum Gasteiger partial charge on any atom is -0.315 e. The van der Waals surface area contributed by atoms with Crippen molar-refractivity contribution in [1.29, 1.82) is 0 Å². The van der Waals surface area contributed by atoms with Gasteiger partial charge in [0.25, 0.3) is 0 Å². The number of halogens is 1. The molecule has 1 aliphatic rings. The first-order chi connectivity index (χ1) is 5.64. The Balaban J connectivity index is 0.00000144. The topological polar surface area (TPSA) is 58.2 Å². The van der Waals surface area contributed by atoms with Crippen LogP contribution in [0.1, 0.15) is 19.8 Å². The molecule has 1 fully saturated rings. The van der Waals surface area contributed by atoms with Gasteiger partial charge >= 0.3 is 0 Å². The van der Waals surface area contributed by atoms with Gasteiger partial charge < -0.3 is 5.32 Å². The molecule has 1 heterocycles. The second kappa shape index (κ2) is 5.80. The van der Waals surface area contributed by atoms with Gasteiger partial charge in [-0.05, 0) is 19.4 Å². The van der Waals surface area contributed by atoms with Crippen LogP contribution < -0.4 is 10.0 Å². The molecule has 0 saturated carbocycles. The van der Waals surface area contributed by atoms with Crippen LogP contribution in [0.5, 0.6) is 0 Å². The summed E-state index contributed by atoms with van der Waals surface area (Å²) < 4.78 is 25.2. The molecule has 0 spiro atoms. The SMILES string of the molecule is CCCS(=O)(=O)N[C@@H]1CCNC1.Cl. The molecule has 6 heteroatoms. The Kier molecular flexibility index (Phi) is 5.87. The lowest BCUT2D eigenvalue weighted by atomic mass is 10.3. The Morgan fingerprint density at radius 2 is 2.23 bits per heavy atom. The van der Waals surface area contributed by atoms with Gasteiger partial charge in [-0.2, -0.15) is 0 Å². The van der Waals surface area contributed by atoms with E-state index in [4.69, 9.17) is 0 Å². The first-order valence-corrected chi connectivity index (χ1v) is 6.00. The number of rotatable bonds is 4. The maximum Gasteiger partial charge on any atom is 0.211 e. The van der Waals surface area contributed by atoms with E-state index in [0.717, 1.165) is 19.5 Å². The van der Waals surface area contributed by atoms with E-state index in [1.165, 1.54) is 0 Å². The first kappa shape index (κ1) is 13.2. The van der Waals surface area contributed by atoms with Crippen LogP contribution in [-0.2, 0) is 10.0 Å². The van der Waals surface area contributed by atoms with E-state index in [9.17, 15) is 8.42 Å². The highest BCUT2D eigenvalue weighted by Crippen LogP contribution is 2.00. The van der Waals surface area contributed by atoms with E-state index in [1.54, 1.807) is 0 Å². The van der Waals surface area contributed by atoms with Crippen molar-refractivity contribution < 1.29 is 8.42 Å². The molecule has 1 saturated heterocycles. The fourth-order valence-corrected chi connectivity index (χ4v) is 2.70. The van der Waals surface area contributed by atoms with E-state index < -0.39 is 10.0 Å². The third-order valence-electron chi connectivity index (χ3n) is 1.88. The third kappa shape index (κ3) is 4.81. The van der Waals surface area contributed by atoms with Gasteiger partial charge in [-0.15, -0.1) is 12.4 Å². The first-order valence-electron chi connectivity index (χ1n) is 4.35. The Morgan fingerprint density at radius 1 is 1.54 bits per heavy atom. The summed E-state index contributed by atoms with van der Waals surface area (Å²) in [5, 5.41) is 3.11. The van der Waals surface area contributed by atoms with Crippen molar-refractivity contribution in [2.24, 2.45) is 0 Å². The van der Waals surface area contributed by atoms with Crippen LogP contribution in [0.4, 0.5) is 0 Å². The average molecular weight is 229 g/mol. The largest absolute Gasteiger partial charge is 0.315 e. The molecule has 1 rings (SSSR count). The number of sulfonamides is 1. The lowest BCUT2D eigenvalue weighted by Crippen LogP contribution is -2.37. The fraction of sp³-hybridized carbons (Fsp3) is 1.00. The van der Waals surface area contributed by atoms with E-state index >= 15 is 0 Å². The van der Waals surface area contributed by atoms with Gasteiger partial charge in [0, 0.05) is 12.6 Å². The highest BCUT2D eigenvalue weighted by molar-refractivity contribution is 7.89. The molecule has 0 aliphatic carbocycles. The molecule has 0 bridgehead atoms. The number of nitrogens with one attached hydrogen (secondary N) is 2. The maximum atomic E-state index is 11.2. The molecule has 0 unspecified atom stereocenters. The average Bonchev–Trinajstić information content (AvgIpc) is 2.38. The van der Waals surface area contributed by atoms with Gasteiger partial charge in [-0.3, -0.25) is 0 Å². The molecule has 0 amide bonds. The lowest BCUT2D eigenvalue weighted by Gasteiger charge is -2.10. The summed E-state index contributed by atoms with van der Waals surface area (Å²) in [6, 6.07) is 0.113. The summed E-state index contributed by atoms with van der Waals surface area (Å²) in [6.45, 7) is 3.55. The molecule has 13 heavy (non-hydrogen) atoms. The van der Waals surface area contributed by atoms with Crippen LogP contribution in [0.3, 0.4) is 0 Å². The summed E-state index contributed by atoms with van der Waals surface area (Å²) in [4.78, 5) is 0. The molecule has 1 aliphatic heterocycles. The smallest absolute Gasteiger partial charge is 0.211 e. The molecule has 0 aromatic rings. The molecule has 0 radical (unpaired) electrons. The normalized spacial score (nSPS) is 22.7. The van der Waals surface area contributed by atoms with Crippen molar-refractivity contribution in [2.45, 2.75) is 25.8 Å². The van der Waals surface area contributed by atoms with Crippen LogP contribution in [0.25, 0.3) is 0 Å². The number of hydrogen-bond acceptors (Lipinski definition) is 3. The van der Waals surface area contributed by atoms with Crippen molar-refractivity contribution in [1.82, 2.24) is 10.0 Å². The van der Waals surface area contributed by atoms with Crippen LogP contribution in [0.2, 0.25) is 0 Å². The van der Waals surface area contributed by atoms with E-state index in [1.807, 2.05) is 6.92 Å². The van der Waals surface area contributed by atoms with Crippen LogP contribution in [0, 0.1) is 0 Å². The van der Waals surface area contributed by atoms with E-state index in [0.29, 0.717) is 6.42 Å². The zero-order valence-electron chi connectivity index (χ0n) is 7.75. The predicted octanol–water partition coefficient (Wildman–Crippen LogP) is 0.0995. The predicted molar refractivity (Wildman–Crippen MR) is 55.7 cm³/mol. The second-order valence-electron chi connectivity index (χ2n) is 3.13. The van der Waals surface area contributed by atoms with Gasteiger partial charge in [-0.1, -0.05) is 6.92 Å². The standard InChI is InChI=1S/C7H16N2O2S.ClH/c1-2-5-12(10,11)9-7-3-4-8-6-7;/h7-9H,2-6H2,1H3;1H/t7-;/m1./s1. The highest BCUT2D eigenvalue weighted by Gasteiger charge is 2.19. The van der Waals surface area contributed by atoms with Gasteiger partial charge in [0.2, 0.25) is 10.0 Å². The monoisotopic (exact) mass is 228 g/mol. The van der Waals surface area contributed by atoms with Gasteiger partial charge in [0.15, 0.2) is 0 Å². The van der Waals surface area contributed by atoms with Gasteiger partial charge in [0.1, 0.15) is 0 Å². The van der Waals surface area contributed by atoms with Crippen LogP contribution >= 0.6 is 12.4 Å². The summed E-state index contributed by atoms with van der Waals surface area (Å²) in [5.41, 5.74) is 0. The Labute approximate surface area is 85.9 Å². The third-order valence-corrected chi connectivity index (χ3v) is 3.52. The Morgan fingerprint density at radius 3 is 2.69 bits per heavy atom. The summed E-state index contributed by atoms with van der Waals surface area (Å²) >= 11 is 0. The molecule has 80 valence electrons. The maximum absolute atomic E-state index is 11.2. The second-order valence-corrected chi connectivity index (χ2v) is 5.00. The number of hydrogen-bond donors (Lipinski definition) is 2. The van der Waals surface area contributed by atoms with Gasteiger partial charge in [-0.25, -0.2) is 13.1 Å². The van der Waals surface area contributed by atoms with Crippen molar-refractivity contribution in [3.05, 3.63) is 0 Å². The van der Waals surface area contributed by atoms with Crippen LogP contribution in [-0.4, -0.2) is 33.3 Å². The van der Waals surface area contributed by atoms with E-state index in [2.05, 4.69) is 10.0 Å².